The van der Waals surface area contributed by atoms with Gasteiger partial charge in [0.1, 0.15) is 21.9 Å². The van der Waals surface area contributed by atoms with Crippen molar-refractivity contribution in [3.63, 3.8) is 0 Å². The maximum absolute atomic E-state index is 12.7. The summed E-state index contributed by atoms with van der Waals surface area (Å²) < 4.78 is 5.81. The van der Waals surface area contributed by atoms with Gasteiger partial charge in [-0.3, -0.25) is 14.5 Å². The Morgan fingerprint density at radius 3 is 2.54 bits per heavy atom. The molecule has 7 nitrogen and oxygen atoms in total. The van der Waals surface area contributed by atoms with E-state index < -0.39 is 23.9 Å². The van der Waals surface area contributed by atoms with E-state index in [4.69, 9.17) is 21.7 Å². The molecule has 0 spiro atoms. The molecule has 1 aromatic heterocycles. The third-order valence-corrected chi connectivity index (χ3v) is 5.34. The van der Waals surface area contributed by atoms with Gasteiger partial charge in [0, 0.05) is 18.1 Å². The molecule has 1 aliphatic heterocycles. The minimum atomic E-state index is -1.33. The van der Waals surface area contributed by atoms with Crippen molar-refractivity contribution in [2.24, 2.45) is 0 Å². The van der Waals surface area contributed by atoms with E-state index in [0.29, 0.717) is 11.5 Å². The molecular weight excluding hydrogens is 402 g/mol. The van der Waals surface area contributed by atoms with Gasteiger partial charge in [-0.05, 0) is 18.6 Å². The zero-order valence-electron chi connectivity index (χ0n) is 14.4. The highest BCUT2D eigenvalue weighted by molar-refractivity contribution is 8.26. The van der Waals surface area contributed by atoms with Crippen molar-refractivity contribution < 1.29 is 29.0 Å². The molecule has 0 radical (unpaired) electrons. The molecule has 1 amide bonds. The number of amides is 1. The number of thioether (sulfide) groups is 1. The van der Waals surface area contributed by atoms with Gasteiger partial charge < -0.3 is 14.6 Å². The number of hydrogen-bond acceptors (Lipinski definition) is 6. The van der Waals surface area contributed by atoms with E-state index in [1.165, 1.54) is 6.08 Å². The smallest absolute Gasteiger partial charge is 0.326 e. The van der Waals surface area contributed by atoms with Crippen molar-refractivity contribution in [3.05, 3.63) is 53.1 Å². The Morgan fingerprint density at radius 1 is 1.18 bits per heavy atom. The molecule has 2 aromatic rings. The molecule has 0 bridgehead atoms. The first-order valence-electron chi connectivity index (χ1n) is 8.23. The maximum atomic E-state index is 12.7. The summed E-state index contributed by atoms with van der Waals surface area (Å²) in [5.41, 5.74) is 0.884. The van der Waals surface area contributed by atoms with Gasteiger partial charge in [-0.15, -0.1) is 0 Å². The molecular formula is C19H15NO6S2. The molecule has 144 valence electrons. The quantitative estimate of drug-likeness (QED) is 0.521. The maximum Gasteiger partial charge on any atom is 0.326 e. The second kappa shape index (κ2) is 8.41. The van der Waals surface area contributed by atoms with Crippen LogP contribution in [0.25, 0.3) is 17.4 Å². The van der Waals surface area contributed by atoms with Crippen LogP contribution in [0.2, 0.25) is 0 Å². The molecule has 9 heteroatoms. The van der Waals surface area contributed by atoms with Crippen molar-refractivity contribution in [2.45, 2.75) is 18.9 Å². The Balaban J connectivity index is 1.82. The second-order valence-corrected chi connectivity index (χ2v) is 7.58. The summed E-state index contributed by atoms with van der Waals surface area (Å²) in [5, 5.41) is 18.2. The van der Waals surface area contributed by atoms with Crippen molar-refractivity contribution in [2.75, 3.05) is 0 Å². The minimum absolute atomic E-state index is 0.0730. The fourth-order valence-electron chi connectivity index (χ4n) is 2.69. The summed E-state index contributed by atoms with van der Waals surface area (Å²) in [7, 11) is 0. The lowest BCUT2D eigenvalue weighted by molar-refractivity contribution is -0.146. The van der Waals surface area contributed by atoms with Crippen LogP contribution in [0.3, 0.4) is 0 Å². The van der Waals surface area contributed by atoms with E-state index in [9.17, 15) is 19.5 Å². The largest absolute Gasteiger partial charge is 0.481 e. The molecule has 3 rings (SSSR count). The summed E-state index contributed by atoms with van der Waals surface area (Å²) in [4.78, 5) is 36.2. The monoisotopic (exact) mass is 417 g/mol. The van der Waals surface area contributed by atoms with Gasteiger partial charge >= 0.3 is 11.9 Å². The van der Waals surface area contributed by atoms with E-state index in [-0.39, 0.29) is 22.1 Å². The molecule has 28 heavy (non-hydrogen) atoms. The number of aliphatic carboxylic acids is 2. The van der Waals surface area contributed by atoms with Crippen LogP contribution in [0.15, 0.2) is 51.8 Å². The van der Waals surface area contributed by atoms with Gasteiger partial charge in [0.05, 0.1) is 4.91 Å². The lowest BCUT2D eigenvalue weighted by Gasteiger charge is -2.22. The number of nitrogens with zero attached hydrogens (tertiary/aromatic N) is 1. The molecule has 1 fully saturated rings. The second-order valence-electron chi connectivity index (χ2n) is 5.91. The number of rotatable bonds is 7. The predicted molar refractivity (Wildman–Crippen MR) is 107 cm³/mol. The van der Waals surface area contributed by atoms with Crippen LogP contribution in [0.4, 0.5) is 0 Å². The van der Waals surface area contributed by atoms with Gasteiger partial charge in [-0.2, -0.15) is 0 Å². The number of carboxylic acids is 2. The number of carbonyl (C=O) groups is 3. The number of hydrogen-bond donors (Lipinski definition) is 2. The van der Waals surface area contributed by atoms with E-state index in [0.717, 1.165) is 22.2 Å². The fourth-order valence-corrected chi connectivity index (χ4v) is 4.03. The summed E-state index contributed by atoms with van der Waals surface area (Å²) in [6.07, 6.45) is 0.886. The molecule has 2 N–H and O–H groups in total. The van der Waals surface area contributed by atoms with E-state index >= 15 is 0 Å². The highest BCUT2D eigenvalue weighted by atomic mass is 32.2. The van der Waals surface area contributed by atoms with Gasteiger partial charge in [-0.1, -0.05) is 54.3 Å². The van der Waals surface area contributed by atoms with Crippen LogP contribution in [0.1, 0.15) is 18.6 Å². The molecule has 1 unspecified atom stereocenters. The summed E-state index contributed by atoms with van der Waals surface area (Å²) in [6, 6.07) is 11.6. The topological polar surface area (TPSA) is 108 Å². The standard InChI is InChI=1S/C19H15NO6S2/c21-16(22)9-7-13(18(24)25)20-17(23)15(28-19(20)27)10-12-6-8-14(26-12)11-4-2-1-3-5-11/h1-6,8,10,13H,7,9H2,(H,21,22)(H,24,25)/b15-10+. The van der Waals surface area contributed by atoms with Crippen LogP contribution < -0.4 is 0 Å². The van der Waals surface area contributed by atoms with Gasteiger partial charge in [0.2, 0.25) is 0 Å². The Labute approximate surface area is 169 Å². The average Bonchev–Trinajstić information content (AvgIpc) is 3.22. The highest BCUT2D eigenvalue weighted by Crippen LogP contribution is 2.35. The molecule has 1 atom stereocenters. The van der Waals surface area contributed by atoms with Crippen molar-refractivity contribution in [1.82, 2.24) is 4.90 Å². The Morgan fingerprint density at radius 2 is 1.89 bits per heavy atom. The van der Waals surface area contributed by atoms with Crippen molar-refractivity contribution >= 4 is 52.2 Å². The normalized spacial score (nSPS) is 16.6. The summed E-state index contributed by atoms with van der Waals surface area (Å²) in [6.45, 7) is 0. The molecule has 1 aromatic carbocycles. The lowest BCUT2D eigenvalue weighted by Crippen LogP contribution is -2.44. The van der Waals surface area contributed by atoms with Crippen LogP contribution >= 0.6 is 24.0 Å². The first-order chi connectivity index (χ1) is 13.4. The van der Waals surface area contributed by atoms with Crippen LogP contribution in [-0.2, 0) is 14.4 Å². The zero-order chi connectivity index (χ0) is 20.3. The Hall–Kier alpha value is -2.91. The molecule has 0 saturated carbocycles. The average molecular weight is 417 g/mol. The predicted octanol–water partition coefficient (Wildman–Crippen LogP) is 3.47. The van der Waals surface area contributed by atoms with E-state index in [1.54, 1.807) is 12.1 Å². The highest BCUT2D eigenvalue weighted by Gasteiger charge is 2.40. The molecule has 0 aliphatic carbocycles. The van der Waals surface area contributed by atoms with Crippen LogP contribution in [-0.4, -0.2) is 43.3 Å². The first kappa shape index (κ1) is 19.8. The number of furan rings is 1. The summed E-state index contributed by atoms with van der Waals surface area (Å²) >= 11 is 6.11. The summed E-state index contributed by atoms with van der Waals surface area (Å²) in [5.74, 6) is -1.96. The number of carboxylic acid groups (broad SMARTS) is 2. The van der Waals surface area contributed by atoms with Crippen LogP contribution in [0, 0.1) is 0 Å². The van der Waals surface area contributed by atoms with Crippen LogP contribution in [0.5, 0.6) is 0 Å². The third-order valence-electron chi connectivity index (χ3n) is 4.01. The first-order valence-corrected chi connectivity index (χ1v) is 9.46. The minimum Gasteiger partial charge on any atom is -0.481 e. The van der Waals surface area contributed by atoms with Gasteiger partial charge in [0.15, 0.2) is 0 Å². The molecule has 1 saturated heterocycles. The molecule has 2 heterocycles. The van der Waals surface area contributed by atoms with E-state index in [1.807, 2.05) is 30.3 Å². The Kier molecular flexibility index (Phi) is 5.96. The van der Waals surface area contributed by atoms with E-state index in [2.05, 4.69) is 0 Å². The van der Waals surface area contributed by atoms with Crippen molar-refractivity contribution in [1.29, 1.82) is 0 Å². The van der Waals surface area contributed by atoms with Gasteiger partial charge in [0.25, 0.3) is 5.91 Å². The fraction of sp³-hybridized carbons (Fsp3) is 0.158. The lowest BCUT2D eigenvalue weighted by atomic mass is 10.1. The Bertz CT molecular complexity index is 966. The SMILES string of the molecule is O=C(O)CCC(C(=O)O)N1C(=O)/C(=C\c2ccc(-c3ccccc3)o2)SC1=S. The number of thiocarbonyl (C=S) groups is 1. The zero-order valence-corrected chi connectivity index (χ0v) is 16.0. The van der Waals surface area contributed by atoms with Gasteiger partial charge in [-0.25, -0.2) is 4.79 Å². The van der Waals surface area contributed by atoms with Crippen molar-refractivity contribution in [3.8, 4) is 11.3 Å². The number of benzene rings is 1. The molecule has 1 aliphatic rings. The number of carbonyl (C=O) groups excluding carboxylic acids is 1. The third kappa shape index (κ3) is 4.32.